The van der Waals surface area contributed by atoms with Gasteiger partial charge in [0.05, 0.1) is 18.2 Å². The van der Waals surface area contributed by atoms with Crippen molar-refractivity contribution in [1.29, 1.82) is 0 Å². The summed E-state index contributed by atoms with van der Waals surface area (Å²) in [5, 5.41) is 18.9. The smallest absolute Gasteiger partial charge is 0.119 e. The molecule has 0 saturated carbocycles. The first-order valence-corrected chi connectivity index (χ1v) is 10.2. The van der Waals surface area contributed by atoms with Gasteiger partial charge in [-0.1, -0.05) is 60.1 Å². The number of hydrogen-bond acceptors (Lipinski definition) is 4. The number of benzene rings is 2. The molecule has 2 aromatic carbocycles. The van der Waals surface area contributed by atoms with Crippen molar-refractivity contribution in [2.24, 2.45) is 0 Å². The molecule has 0 fully saturated rings. The first-order valence-electron chi connectivity index (χ1n) is 9.86. The summed E-state index contributed by atoms with van der Waals surface area (Å²) in [6, 6.07) is 18.0. The van der Waals surface area contributed by atoms with Gasteiger partial charge in [0.1, 0.15) is 12.4 Å². The topological polar surface area (TPSA) is 52.9 Å². The van der Waals surface area contributed by atoms with Gasteiger partial charge in [0, 0.05) is 25.2 Å². The Morgan fingerprint density at radius 2 is 1.52 bits per heavy atom. The van der Waals surface area contributed by atoms with Gasteiger partial charge in [0.25, 0.3) is 0 Å². The summed E-state index contributed by atoms with van der Waals surface area (Å²) in [5.74, 6) is 0.771. The molecule has 0 aromatic heterocycles. The summed E-state index contributed by atoms with van der Waals surface area (Å²) in [5.41, 5.74) is 4.11. The zero-order valence-electron chi connectivity index (χ0n) is 17.1. The molecule has 0 amide bonds. The predicted octanol–water partition coefficient (Wildman–Crippen LogP) is 4.32. The van der Waals surface area contributed by atoms with E-state index in [-0.39, 0.29) is 13.2 Å². The van der Waals surface area contributed by atoms with Crippen molar-refractivity contribution >= 4 is 17.2 Å². The highest BCUT2D eigenvalue weighted by molar-refractivity contribution is 6.35. The summed E-state index contributed by atoms with van der Waals surface area (Å²) in [4.78, 5) is 1.96. The van der Waals surface area contributed by atoms with Crippen LogP contribution in [0, 0.1) is 0 Å². The molecule has 0 radical (unpaired) electrons. The summed E-state index contributed by atoms with van der Waals surface area (Å²) in [7, 11) is 0. The van der Waals surface area contributed by atoms with E-state index in [2.05, 4.69) is 12.1 Å². The maximum atomic E-state index is 9.07. The fourth-order valence-electron chi connectivity index (χ4n) is 2.98. The lowest BCUT2D eigenvalue weighted by molar-refractivity contribution is 0.141. The van der Waals surface area contributed by atoms with E-state index in [4.69, 9.17) is 26.6 Å². The van der Waals surface area contributed by atoms with Gasteiger partial charge in [0.15, 0.2) is 0 Å². The van der Waals surface area contributed by atoms with Gasteiger partial charge in [-0.2, -0.15) is 0 Å². The van der Waals surface area contributed by atoms with Gasteiger partial charge in [-0.25, -0.2) is 0 Å². The van der Waals surface area contributed by atoms with E-state index < -0.39 is 0 Å². The van der Waals surface area contributed by atoms with Crippen LogP contribution in [0.1, 0.15) is 25.0 Å². The van der Waals surface area contributed by atoms with E-state index in [1.165, 1.54) is 0 Å². The average molecular weight is 416 g/mol. The maximum Gasteiger partial charge on any atom is 0.119 e. The molecule has 0 unspecified atom stereocenters. The molecule has 2 rings (SSSR count). The van der Waals surface area contributed by atoms with Crippen LogP contribution in [-0.4, -0.2) is 54.6 Å². The predicted molar refractivity (Wildman–Crippen MR) is 120 cm³/mol. The Labute approximate surface area is 178 Å². The zero-order chi connectivity index (χ0) is 21.1. The van der Waals surface area contributed by atoms with Crippen molar-refractivity contribution in [1.82, 2.24) is 4.90 Å². The fraction of sp³-hybridized carbons (Fsp3) is 0.333. The number of hydrogen-bond donors (Lipinski definition) is 2. The summed E-state index contributed by atoms with van der Waals surface area (Å²) in [6.45, 7) is 6.30. The number of nitrogens with zero attached hydrogens (tertiary/aromatic N) is 1. The maximum absolute atomic E-state index is 9.07. The minimum atomic E-state index is 0.0652. The Morgan fingerprint density at radius 3 is 2.07 bits per heavy atom. The molecule has 0 spiro atoms. The highest BCUT2D eigenvalue weighted by atomic mass is 35.5. The molecule has 0 atom stereocenters. The van der Waals surface area contributed by atoms with Crippen LogP contribution in [-0.2, 0) is 0 Å². The van der Waals surface area contributed by atoms with E-state index in [1.54, 1.807) is 0 Å². The molecular formula is C24H30ClNO3. The van der Waals surface area contributed by atoms with Crippen molar-refractivity contribution in [3.05, 3.63) is 82.4 Å². The van der Waals surface area contributed by atoms with Gasteiger partial charge < -0.3 is 14.9 Å². The Hall–Kier alpha value is -2.11. The van der Waals surface area contributed by atoms with Crippen molar-refractivity contribution < 1.29 is 14.9 Å². The molecule has 29 heavy (non-hydrogen) atoms. The van der Waals surface area contributed by atoms with Crippen LogP contribution in [0.4, 0.5) is 0 Å². The molecule has 0 saturated heterocycles. The third-order valence-corrected chi connectivity index (χ3v) is 5.20. The molecule has 0 aliphatic carbocycles. The van der Waals surface area contributed by atoms with E-state index >= 15 is 0 Å². The lowest BCUT2D eigenvalue weighted by Crippen LogP contribution is -2.33. The Morgan fingerprint density at radius 1 is 0.931 bits per heavy atom. The second-order valence-electron chi connectivity index (χ2n) is 6.69. The molecule has 2 N–H and O–H groups in total. The van der Waals surface area contributed by atoms with E-state index in [9.17, 15) is 0 Å². The molecule has 2 aromatic rings. The first kappa shape index (κ1) is 23.2. The van der Waals surface area contributed by atoms with Crippen LogP contribution in [0.15, 0.2) is 71.3 Å². The van der Waals surface area contributed by atoms with Crippen LogP contribution in [0.25, 0.3) is 5.57 Å². The fourth-order valence-corrected chi connectivity index (χ4v) is 3.30. The third-order valence-electron chi connectivity index (χ3n) is 4.71. The van der Waals surface area contributed by atoms with Crippen molar-refractivity contribution in [3.63, 3.8) is 0 Å². The van der Waals surface area contributed by atoms with Gasteiger partial charge >= 0.3 is 0 Å². The second-order valence-corrected chi connectivity index (χ2v) is 7.07. The Kier molecular flexibility index (Phi) is 9.95. The monoisotopic (exact) mass is 415 g/mol. The lowest BCUT2D eigenvalue weighted by Gasteiger charge is -2.20. The first-order chi connectivity index (χ1) is 14.1. The number of allylic oxidation sites excluding steroid dienone is 3. The minimum Gasteiger partial charge on any atom is -0.492 e. The van der Waals surface area contributed by atoms with Crippen molar-refractivity contribution in [2.45, 2.75) is 13.8 Å². The lowest BCUT2D eigenvalue weighted by atomic mass is 9.95. The number of aliphatic hydroxyl groups excluding tert-OH is 2. The molecular weight excluding hydrogens is 386 g/mol. The Balaban J connectivity index is 2.15. The molecule has 0 aliphatic heterocycles. The van der Waals surface area contributed by atoms with Crippen molar-refractivity contribution in [2.75, 3.05) is 39.5 Å². The van der Waals surface area contributed by atoms with Crippen LogP contribution in [0.3, 0.4) is 0 Å². The van der Waals surface area contributed by atoms with Gasteiger partial charge in [-0.05, 0) is 42.7 Å². The largest absolute Gasteiger partial charge is 0.492 e. The summed E-state index contributed by atoms with van der Waals surface area (Å²) in [6.07, 6.45) is 2.01. The highest BCUT2D eigenvalue weighted by Crippen LogP contribution is 2.33. The number of rotatable bonds is 11. The average Bonchev–Trinajstić information content (AvgIpc) is 2.75. The SMILES string of the molecule is C/C=C(C)/C(Cl)=C(/c1ccccc1)c1ccc(OCCN(CCO)CCO)cc1. The molecule has 4 nitrogen and oxygen atoms in total. The van der Waals surface area contributed by atoms with Crippen LogP contribution < -0.4 is 4.74 Å². The molecule has 0 bridgehead atoms. The number of ether oxygens (including phenoxy) is 1. The minimum absolute atomic E-state index is 0.0652. The Bertz CT molecular complexity index is 795. The number of halogens is 1. The van der Waals surface area contributed by atoms with Crippen LogP contribution in [0.2, 0.25) is 0 Å². The van der Waals surface area contributed by atoms with Crippen molar-refractivity contribution in [3.8, 4) is 5.75 Å². The van der Waals surface area contributed by atoms with Crippen LogP contribution in [0.5, 0.6) is 5.75 Å². The molecule has 5 heteroatoms. The van der Waals surface area contributed by atoms with E-state index in [0.29, 0.717) is 26.2 Å². The standard InChI is InChI=1S/C24H30ClNO3/c1-3-19(2)24(25)23(20-7-5-4-6-8-20)21-9-11-22(12-10-21)29-18-15-26(13-16-27)14-17-28/h3-12,27-28H,13-18H2,1-2H3/b19-3+,24-23+. The molecule has 0 aliphatic rings. The van der Waals surface area contributed by atoms with Gasteiger partial charge in [-0.15, -0.1) is 0 Å². The van der Waals surface area contributed by atoms with E-state index in [0.717, 1.165) is 33.1 Å². The molecule has 0 heterocycles. The quantitative estimate of drug-likeness (QED) is 0.537. The highest BCUT2D eigenvalue weighted by Gasteiger charge is 2.12. The molecule has 156 valence electrons. The van der Waals surface area contributed by atoms with E-state index in [1.807, 2.05) is 67.3 Å². The number of aliphatic hydroxyl groups is 2. The summed E-state index contributed by atoms with van der Waals surface area (Å²) < 4.78 is 5.83. The second kappa shape index (κ2) is 12.5. The zero-order valence-corrected chi connectivity index (χ0v) is 17.9. The normalized spacial score (nSPS) is 12.8. The van der Waals surface area contributed by atoms with Gasteiger partial charge in [-0.3, -0.25) is 4.90 Å². The summed E-state index contributed by atoms with van der Waals surface area (Å²) >= 11 is 6.72. The van der Waals surface area contributed by atoms with Crippen LogP contribution >= 0.6 is 11.6 Å². The third kappa shape index (κ3) is 7.02. The van der Waals surface area contributed by atoms with Gasteiger partial charge in [0.2, 0.25) is 0 Å².